The van der Waals surface area contributed by atoms with Crippen LogP contribution in [0.2, 0.25) is 5.02 Å². The van der Waals surface area contributed by atoms with Crippen LogP contribution in [0.4, 0.5) is 0 Å². The Morgan fingerprint density at radius 2 is 2.14 bits per heavy atom. The van der Waals surface area contributed by atoms with Crippen molar-refractivity contribution in [3.63, 3.8) is 0 Å². The van der Waals surface area contributed by atoms with E-state index >= 15 is 0 Å². The predicted octanol–water partition coefficient (Wildman–Crippen LogP) is 1.29. The second-order valence-electron chi connectivity index (χ2n) is 4.32. The zero-order valence-electron chi connectivity index (χ0n) is 12.2. The molecule has 0 saturated carbocycles. The molecule has 2 heterocycles. The van der Waals surface area contributed by atoms with Crippen LogP contribution in [-0.4, -0.2) is 47.9 Å². The fourth-order valence-electron chi connectivity index (χ4n) is 2.03. The van der Waals surface area contributed by atoms with Crippen LogP contribution in [0, 0.1) is 0 Å². The van der Waals surface area contributed by atoms with Crippen LogP contribution in [-0.2, 0) is 11.3 Å². The maximum absolute atomic E-state index is 6.27. The number of nitrogens with zero attached hydrogens (tertiary/aromatic N) is 4. The van der Waals surface area contributed by atoms with Gasteiger partial charge in [-0.1, -0.05) is 11.6 Å². The first kappa shape index (κ1) is 15.7. The summed E-state index contributed by atoms with van der Waals surface area (Å²) in [6, 6.07) is 3.39. The summed E-state index contributed by atoms with van der Waals surface area (Å²) in [5.41, 5.74) is 1.56. The van der Waals surface area contributed by atoms with Gasteiger partial charge in [-0.2, -0.15) is 5.10 Å². The standard InChI is InChI=1S/C13H18ClN5O2/c1-15-12(10-4-5-11(21-3)18-17-10)13-9(14)8-16-19(13)6-7-20-2/h4-5,8,12,15H,6-7H2,1-3H3. The lowest BCUT2D eigenvalue weighted by Crippen LogP contribution is -2.24. The van der Waals surface area contributed by atoms with Crippen molar-refractivity contribution in [1.82, 2.24) is 25.3 Å². The topological polar surface area (TPSA) is 74.1 Å². The summed E-state index contributed by atoms with van der Waals surface area (Å²) in [4.78, 5) is 0. The summed E-state index contributed by atoms with van der Waals surface area (Å²) in [5.74, 6) is 0.465. The second-order valence-corrected chi connectivity index (χ2v) is 4.72. The van der Waals surface area contributed by atoms with Crippen LogP contribution < -0.4 is 10.1 Å². The molecule has 114 valence electrons. The molecule has 1 unspecified atom stereocenters. The van der Waals surface area contributed by atoms with E-state index in [-0.39, 0.29) is 6.04 Å². The smallest absolute Gasteiger partial charge is 0.233 e. The molecule has 7 nitrogen and oxygen atoms in total. The maximum atomic E-state index is 6.27. The van der Waals surface area contributed by atoms with Gasteiger partial charge in [-0.05, 0) is 13.1 Å². The lowest BCUT2D eigenvalue weighted by Gasteiger charge is -2.18. The molecule has 1 atom stereocenters. The maximum Gasteiger partial charge on any atom is 0.233 e. The Labute approximate surface area is 128 Å². The molecule has 0 bridgehead atoms. The van der Waals surface area contributed by atoms with Gasteiger partial charge in [0.15, 0.2) is 0 Å². The van der Waals surface area contributed by atoms with Crippen molar-refractivity contribution in [2.45, 2.75) is 12.6 Å². The largest absolute Gasteiger partial charge is 0.480 e. The van der Waals surface area contributed by atoms with Crippen LogP contribution >= 0.6 is 11.6 Å². The minimum absolute atomic E-state index is 0.213. The minimum atomic E-state index is -0.213. The van der Waals surface area contributed by atoms with E-state index in [0.29, 0.717) is 24.1 Å². The van der Waals surface area contributed by atoms with E-state index in [0.717, 1.165) is 11.4 Å². The van der Waals surface area contributed by atoms with Crippen LogP contribution in [0.1, 0.15) is 17.4 Å². The zero-order valence-corrected chi connectivity index (χ0v) is 13.0. The van der Waals surface area contributed by atoms with Gasteiger partial charge < -0.3 is 14.8 Å². The summed E-state index contributed by atoms with van der Waals surface area (Å²) in [6.07, 6.45) is 1.62. The number of ether oxygens (including phenoxy) is 2. The Hall–Kier alpha value is -1.70. The Morgan fingerprint density at radius 3 is 2.71 bits per heavy atom. The van der Waals surface area contributed by atoms with Crippen molar-refractivity contribution in [3.05, 3.63) is 34.7 Å². The van der Waals surface area contributed by atoms with E-state index in [4.69, 9.17) is 21.1 Å². The summed E-state index contributed by atoms with van der Waals surface area (Å²) in [6.45, 7) is 1.16. The first-order valence-electron chi connectivity index (χ1n) is 6.46. The van der Waals surface area contributed by atoms with E-state index in [1.165, 1.54) is 0 Å². The molecule has 21 heavy (non-hydrogen) atoms. The number of hydrogen-bond acceptors (Lipinski definition) is 6. The molecule has 0 aliphatic rings. The second kappa shape index (κ2) is 7.35. The zero-order chi connectivity index (χ0) is 15.2. The van der Waals surface area contributed by atoms with Crippen molar-refractivity contribution in [1.29, 1.82) is 0 Å². The Kier molecular flexibility index (Phi) is 5.49. The van der Waals surface area contributed by atoms with Crippen LogP contribution in [0.25, 0.3) is 0 Å². The van der Waals surface area contributed by atoms with Gasteiger partial charge in [0, 0.05) is 13.2 Å². The first-order valence-corrected chi connectivity index (χ1v) is 6.84. The van der Waals surface area contributed by atoms with Gasteiger partial charge in [0.1, 0.15) is 0 Å². The summed E-state index contributed by atoms with van der Waals surface area (Å²) in [5, 5.41) is 16.2. The third-order valence-electron chi connectivity index (χ3n) is 3.07. The van der Waals surface area contributed by atoms with Gasteiger partial charge >= 0.3 is 0 Å². The molecule has 2 rings (SSSR count). The summed E-state index contributed by atoms with van der Waals surface area (Å²) in [7, 11) is 5.03. The van der Waals surface area contributed by atoms with Crippen LogP contribution in [0.3, 0.4) is 0 Å². The normalized spacial score (nSPS) is 12.4. The van der Waals surface area contributed by atoms with Crippen LogP contribution in [0.15, 0.2) is 18.3 Å². The van der Waals surface area contributed by atoms with Crippen molar-refractivity contribution >= 4 is 11.6 Å². The number of hydrogen-bond donors (Lipinski definition) is 1. The Bertz CT molecular complexity index is 572. The average molecular weight is 312 g/mol. The van der Waals surface area contributed by atoms with Gasteiger partial charge in [0.25, 0.3) is 0 Å². The van der Waals surface area contributed by atoms with Gasteiger partial charge in [-0.25, -0.2) is 0 Å². The Balaban J connectivity index is 2.33. The number of halogens is 1. The van der Waals surface area contributed by atoms with E-state index in [1.54, 1.807) is 31.2 Å². The molecular weight excluding hydrogens is 294 g/mol. The van der Waals surface area contributed by atoms with Crippen molar-refractivity contribution in [2.24, 2.45) is 0 Å². The highest BCUT2D eigenvalue weighted by Gasteiger charge is 2.22. The molecule has 0 aliphatic heterocycles. The highest BCUT2D eigenvalue weighted by Crippen LogP contribution is 2.27. The molecule has 0 fully saturated rings. The average Bonchev–Trinajstić information content (AvgIpc) is 2.88. The summed E-state index contributed by atoms with van der Waals surface area (Å²) < 4.78 is 11.9. The lowest BCUT2D eigenvalue weighted by molar-refractivity contribution is 0.182. The van der Waals surface area contributed by atoms with Gasteiger partial charge in [-0.3, -0.25) is 4.68 Å². The number of nitrogens with one attached hydrogen (secondary N) is 1. The van der Waals surface area contributed by atoms with Crippen LogP contribution in [0.5, 0.6) is 5.88 Å². The van der Waals surface area contributed by atoms with E-state index < -0.39 is 0 Å². The molecule has 0 aromatic carbocycles. The van der Waals surface area contributed by atoms with Crippen molar-refractivity contribution in [3.8, 4) is 5.88 Å². The highest BCUT2D eigenvalue weighted by molar-refractivity contribution is 6.31. The molecule has 2 aromatic heterocycles. The molecule has 0 amide bonds. The van der Waals surface area contributed by atoms with Gasteiger partial charge in [-0.15, -0.1) is 10.2 Å². The van der Waals surface area contributed by atoms with E-state index in [2.05, 4.69) is 20.6 Å². The fourth-order valence-corrected chi connectivity index (χ4v) is 2.28. The molecule has 1 N–H and O–H groups in total. The molecule has 8 heteroatoms. The summed E-state index contributed by atoms with van der Waals surface area (Å²) >= 11 is 6.27. The third-order valence-corrected chi connectivity index (χ3v) is 3.36. The molecule has 0 radical (unpaired) electrons. The number of rotatable bonds is 7. The lowest BCUT2D eigenvalue weighted by atomic mass is 10.1. The molecule has 0 saturated heterocycles. The molecule has 0 spiro atoms. The first-order chi connectivity index (χ1) is 10.2. The predicted molar refractivity (Wildman–Crippen MR) is 78.6 cm³/mol. The Morgan fingerprint density at radius 1 is 1.33 bits per heavy atom. The monoisotopic (exact) mass is 311 g/mol. The molecule has 0 aliphatic carbocycles. The van der Waals surface area contributed by atoms with Gasteiger partial charge in [0.05, 0.1) is 48.9 Å². The number of methoxy groups -OCH3 is 2. The van der Waals surface area contributed by atoms with Gasteiger partial charge in [0.2, 0.25) is 5.88 Å². The quantitative estimate of drug-likeness (QED) is 0.830. The van der Waals surface area contributed by atoms with Crippen molar-refractivity contribution < 1.29 is 9.47 Å². The molecular formula is C13H18ClN5O2. The highest BCUT2D eigenvalue weighted by atomic mass is 35.5. The third kappa shape index (κ3) is 3.49. The van der Waals surface area contributed by atoms with E-state index in [9.17, 15) is 0 Å². The SMILES string of the molecule is CNC(c1ccc(OC)nn1)c1c(Cl)cnn1CCOC. The van der Waals surface area contributed by atoms with Crippen molar-refractivity contribution in [2.75, 3.05) is 27.9 Å². The fraction of sp³-hybridized carbons (Fsp3) is 0.462. The minimum Gasteiger partial charge on any atom is -0.480 e. The number of aromatic nitrogens is 4. The molecule has 2 aromatic rings. The van der Waals surface area contributed by atoms with E-state index in [1.807, 2.05) is 13.1 Å².